The molecule has 0 saturated carbocycles. The number of hydrogen-bond acceptors (Lipinski definition) is 4. The van der Waals surface area contributed by atoms with Crippen molar-refractivity contribution in [3.05, 3.63) is 53.9 Å². The molecule has 4 nitrogen and oxygen atoms in total. The van der Waals surface area contributed by atoms with Crippen LogP contribution < -0.4 is 5.06 Å². The van der Waals surface area contributed by atoms with E-state index in [1.54, 1.807) is 11.3 Å². The SMILES string of the molecule is COC(=O)N(OC)c1ccc2scc(-c3ccccc3)c2c1. The quantitative estimate of drug-likeness (QED) is 0.658. The van der Waals surface area contributed by atoms with Crippen LogP contribution in [0.3, 0.4) is 0 Å². The summed E-state index contributed by atoms with van der Waals surface area (Å²) in [6, 6.07) is 15.9. The van der Waals surface area contributed by atoms with Crippen molar-refractivity contribution in [2.45, 2.75) is 0 Å². The van der Waals surface area contributed by atoms with Crippen molar-refractivity contribution in [3.8, 4) is 11.1 Å². The Labute approximate surface area is 132 Å². The molecule has 3 rings (SSSR count). The van der Waals surface area contributed by atoms with Gasteiger partial charge in [0, 0.05) is 15.6 Å². The third kappa shape index (κ3) is 2.56. The Bertz CT molecular complexity index is 798. The Hall–Kier alpha value is -2.37. The maximum atomic E-state index is 11.8. The number of rotatable bonds is 3. The van der Waals surface area contributed by atoms with Gasteiger partial charge in [-0.2, -0.15) is 5.06 Å². The fourth-order valence-corrected chi connectivity index (χ4v) is 3.30. The normalized spacial score (nSPS) is 10.6. The number of fused-ring (bicyclic) bond motifs is 1. The van der Waals surface area contributed by atoms with Gasteiger partial charge in [-0.05, 0) is 29.1 Å². The lowest BCUT2D eigenvalue weighted by Crippen LogP contribution is -2.29. The number of ether oxygens (including phenoxy) is 1. The molecule has 0 unspecified atom stereocenters. The fourth-order valence-electron chi connectivity index (χ4n) is 2.35. The predicted octanol–water partition coefficient (Wildman–Crippen LogP) is 4.70. The minimum absolute atomic E-state index is 0.557. The van der Waals surface area contributed by atoms with E-state index >= 15 is 0 Å². The number of methoxy groups -OCH3 is 1. The highest BCUT2D eigenvalue weighted by molar-refractivity contribution is 7.17. The van der Waals surface area contributed by atoms with E-state index in [0.717, 1.165) is 26.3 Å². The van der Waals surface area contributed by atoms with E-state index in [1.165, 1.54) is 14.2 Å². The lowest BCUT2D eigenvalue weighted by Gasteiger charge is -2.18. The number of nitrogens with zero attached hydrogens (tertiary/aromatic N) is 1. The Morgan fingerprint density at radius 2 is 1.86 bits per heavy atom. The predicted molar refractivity (Wildman–Crippen MR) is 89.2 cm³/mol. The van der Waals surface area contributed by atoms with Gasteiger partial charge in [0.1, 0.15) is 0 Å². The van der Waals surface area contributed by atoms with Crippen molar-refractivity contribution in [1.29, 1.82) is 0 Å². The topological polar surface area (TPSA) is 38.8 Å². The summed E-state index contributed by atoms with van der Waals surface area (Å²) in [5.41, 5.74) is 2.92. The van der Waals surface area contributed by atoms with E-state index in [1.807, 2.05) is 36.4 Å². The first kappa shape index (κ1) is 14.6. The molecule has 0 aliphatic carbocycles. The van der Waals surface area contributed by atoms with Crippen LogP contribution in [0.25, 0.3) is 21.2 Å². The minimum atomic E-state index is -0.557. The van der Waals surface area contributed by atoms with Crippen LogP contribution in [0.15, 0.2) is 53.9 Å². The van der Waals surface area contributed by atoms with Crippen LogP contribution in [-0.2, 0) is 9.57 Å². The molecular weight excluding hydrogens is 298 g/mol. The summed E-state index contributed by atoms with van der Waals surface area (Å²) >= 11 is 1.68. The monoisotopic (exact) mass is 313 g/mol. The van der Waals surface area contributed by atoms with Gasteiger partial charge in [0.05, 0.1) is 19.9 Å². The van der Waals surface area contributed by atoms with Gasteiger partial charge in [0.25, 0.3) is 0 Å². The largest absolute Gasteiger partial charge is 0.451 e. The van der Waals surface area contributed by atoms with Crippen LogP contribution in [0.2, 0.25) is 0 Å². The van der Waals surface area contributed by atoms with Crippen LogP contribution in [0, 0.1) is 0 Å². The van der Waals surface area contributed by atoms with Gasteiger partial charge in [-0.3, -0.25) is 4.84 Å². The zero-order valence-corrected chi connectivity index (χ0v) is 13.1. The molecule has 2 aromatic carbocycles. The number of carbonyl (C=O) groups is 1. The molecule has 1 heterocycles. The van der Waals surface area contributed by atoms with E-state index in [-0.39, 0.29) is 0 Å². The fraction of sp³-hybridized carbons (Fsp3) is 0.118. The van der Waals surface area contributed by atoms with Gasteiger partial charge in [-0.1, -0.05) is 30.3 Å². The molecule has 5 heteroatoms. The van der Waals surface area contributed by atoms with E-state index in [0.29, 0.717) is 5.69 Å². The molecule has 0 bridgehead atoms. The van der Waals surface area contributed by atoms with Crippen molar-refractivity contribution >= 4 is 33.2 Å². The summed E-state index contributed by atoms with van der Waals surface area (Å²) in [4.78, 5) is 16.9. The Balaban J connectivity index is 2.11. The molecule has 0 radical (unpaired) electrons. The molecule has 0 atom stereocenters. The van der Waals surface area contributed by atoms with Crippen molar-refractivity contribution in [1.82, 2.24) is 0 Å². The van der Waals surface area contributed by atoms with E-state index in [9.17, 15) is 4.79 Å². The second kappa shape index (κ2) is 6.17. The average Bonchev–Trinajstić information content (AvgIpc) is 2.99. The van der Waals surface area contributed by atoms with Crippen molar-refractivity contribution in [2.24, 2.45) is 0 Å². The van der Waals surface area contributed by atoms with Crippen molar-refractivity contribution in [3.63, 3.8) is 0 Å². The Kier molecular flexibility index (Phi) is 4.09. The van der Waals surface area contributed by atoms with E-state index in [2.05, 4.69) is 17.5 Å². The van der Waals surface area contributed by atoms with Gasteiger partial charge >= 0.3 is 6.09 Å². The molecule has 0 aliphatic rings. The summed E-state index contributed by atoms with van der Waals surface area (Å²) in [5.74, 6) is 0. The maximum Gasteiger partial charge on any atom is 0.438 e. The highest BCUT2D eigenvalue weighted by Crippen LogP contribution is 2.36. The third-order valence-corrected chi connectivity index (χ3v) is 4.36. The van der Waals surface area contributed by atoms with Gasteiger partial charge in [-0.25, -0.2) is 4.79 Å². The first-order valence-electron chi connectivity index (χ1n) is 6.73. The van der Waals surface area contributed by atoms with E-state index < -0.39 is 6.09 Å². The van der Waals surface area contributed by atoms with Crippen LogP contribution in [0.4, 0.5) is 10.5 Å². The summed E-state index contributed by atoms with van der Waals surface area (Å²) in [5, 5.41) is 4.34. The number of thiophene rings is 1. The van der Waals surface area contributed by atoms with Gasteiger partial charge < -0.3 is 4.74 Å². The number of anilines is 1. The van der Waals surface area contributed by atoms with E-state index in [4.69, 9.17) is 9.57 Å². The lowest BCUT2D eigenvalue weighted by atomic mass is 10.0. The zero-order chi connectivity index (χ0) is 15.5. The molecule has 0 saturated heterocycles. The Morgan fingerprint density at radius 1 is 1.09 bits per heavy atom. The number of amides is 1. The first-order chi connectivity index (χ1) is 10.7. The highest BCUT2D eigenvalue weighted by Gasteiger charge is 2.17. The smallest absolute Gasteiger partial charge is 0.438 e. The maximum absolute atomic E-state index is 11.8. The molecule has 3 aromatic rings. The number of hydrogen-bond donors (Lipinski definition) is 0. The summed E-state index contributed by atoms with van der Waals surface area (Å²) in [7, 11) is 2.76. The summed E-state index contributed by atoms with van der Waals surface area (Å²) in [6.45, 7) is 0. The van der Waals surface area contributed by atoms with Gasteiger partial charge in [0.15, 0.2) is 0 Å². The Morgan fingerprint density at radius 3 is 2.55 bits per heavy atom. The molecule has 0 aliphatic heterocycles. The highest BCUT2D eigenvalue weighted by atomic mass is 32.1. The zero-order valence-electron chi connectivity index (χ0n) is 12.3. The van der Waals surface area contributed by atoms with Crippen molar-refractivity contribution in [2.75, 3.05) is 19.3 Å². The average molecular weight is 313 g/mol. The molecule has 112 valence electrons. The van der Waals surface area contributed by atoms with Crippen molar-refractivity contribution < 1.29 is 14.4 Å². The lowest BCUT2D eigenvalue weighted by molar-refractivity contribution is 0.116. The molecule has 1 aromatic heterocycles. The molecule has 0 spiro atoms. The second-order valence-corrected chi connectivity index (χ2v) is 5.55. The standard InChI is InChI=1S/C17H15NO3S/c1-20-17(19)18(21-2)13-8-9-16-14(10-13)15(11-22-16)12-6-4-3-5-7-12/h3-11H,1-2H3. The molecular formula is C17H15NO3S. The number of benzene rings is 2. The number of carbonyl (C=O) groups excluding carboxylic acids is 1. The molecule has 1 amide bonds. The molecule has 22 heavy (non-hydrogen) atoms. The third-order valence-electron chi connectivity index (χ3n) is 3.40. The number of hydroxylamine groups is 1. The minimum Gasteiger partial charge on any atom is -0.451 e. The molecule has 0 fully saturated rings. The summed E-state index contributed by atoms with van der Waals surface area (Å²) < 4.78 is 5.89. The molecule has 0 N–H and O–H groups in total. The second-order valence-electron chi connectivity index (χ2n) is 4.64. The van der Waals surface area contributed by atoms with Crippen LogP contribution >= 0.6 is 11.3 Å². The first-order valence-corrected chi connectivity index (χ1v) is 7.61. The van der Waals surface area contributed by atoms with Crippen LogP contribution in [-0.4, -0.2) is 20.3 Å². The van der Waals surface area contributed by atoms with Crippen LogP contribution in [0.1, 0.15) is 0 Å². The van der Waals surface area contributed by atoms with Gasteiger partial charge in [0.2, 0.25) is 0 Å². The van der Waals surface area contributed by atoms with Gasteiger partial charge in [-0.15, -0.1) is 11.3 Å². The summed E-state index contributed by atoms with van der Waals surface area (Å²) in [6.07, 6.45) is -0.557. The van der Waals surface area contributed by atoms with Crippen LogP contribution in [0.5, 0.6) is 0 Å².